The molecule has 1 atom stereocenters. The molecular formula is C19H19N3O4. The molecule has 7 nitrogen and oxygen atoms in total. The molecule has 1 aliphatic rings. The van der Waals surface area contributed by atoms with Gasteiger partial charge in [-0.1, -0.05) is 12.1 Å². The largest absolute Gasteiger partial charge is 0.508 e. The Balaban J connectivity index is 1.45. The van der Waals surface area contributed by atoms with Crippen molar-refractivity contribution in [2.24, 2.45) is 0 Å². The second kappa shape index (κ2) is 7.05. The van der Waals surface area contributed by atoms with Crippen LogP contribution in [0.3, 0.4) is 0 Å². The molecule has 2 aromatic heterocycles. The summed E-state index contributed by atoms with van der Waals surface area (Å²) in [5, 5.41) is 13.8. The summed E-state index contributed by atoms with van der Waals surface area (Å²) in [7, 11) is 0. The summed E-state index contributed by atoms with van der Waals surface area (Å²) in [6.07, 6.45) is 4.77. The van der Waals surface area contributed by atoms with E-state index in [2.05, 4.69) is 5.10 Å². The first-order chi connectivity index (χ1) is 12.7. The van der Waals surface area contributed by atoms with Crippen molar-refractivity contribution in [1.82, 2.24) is 14.7 Å². The minimum atomic E-state index is -0.254. The minimum Gasteiger partial charge on any atom is -0.508 e. The van der Waals surface area contributed by atoms with Crippen LogP contribution in [0.25, 0.3) is 0 Å². The first-order valence-electron chi connectivity index (χ1n) is 8.44. The first kappa shape index (κ1) is 16.4. The molecule has 1 N–H and O–H groups in total. The highest BCUT2D eigenvalue weighted by molar-refractivity contribution is 5.94. The Hall–Kier alpha value is -3.06. The Morgan fingerprint density at radius 3 is 3.04 bits per heavy atom. The normalized spacial score (nSPS) is 17.4. The third kappa shape index (κ3) is 3.48. The molecule has 0 saturated carbocycles. The quantitative estimate of drug-likeness (QED) is 0.779. The van der Waals surface area contributed by atoms with Crippen LogP contribution in [0.2, 0.25) is 0 Å². The predicted molar refractivity (Wildman–Crippen MR) is 92.7 cm³/mol. The average molecular weight is 353 g/mol. The van der Waals surface area contributed by atoms with Gasteiger partial charge in [0.05, 0.1) is 25.3 Å². The zero-order valence-electron chi connectivity index (χ0n) is 14.1. The number of aromatic hydroxyl groups is 1. The summed E-state index contributed by atoms with van der Waals surface area (Å²) in [4.78, 5) is 14.5. The highest BCUT2D eigenvalue weighted by atomic mass is 16.5. The highest BCUT2D eigenvalue weighted by Crippen LogP contribution is 2.26. The summed E-state index contributed by atoms with van der Waals surface area (Å²) < 4.78 is 13.0. The van der Waals surface area contributed by atoms with Crippen molar-refractivity contribution in [3.05, 3.63) is 71.9 Å². The van der Waals surface area contributed by atoms with Crippen molar-refractivity contribution in [1.29, 1.82) is 0 Å². The maximum Gasteiger partial charge on any atom is 0.257 e. The van der Waals surface area contributed by atoms with Crippen molar-refractivity contribution in [2.75, 3.05) is 19.7 Å². The fourth-order valence-corrected chi connectivity index (χ4v) is 3.07. The molecule has 0 spiro atoms. The van der Waals surface area contributed by atoms with Gasteiger partial charge in [-0.3, -0.25) is 9.48 Å². The van der Waals surface area contributed by atoms with Crippen molar-refractivity contribution in [3.63, 3.8) is 0 Å². The lowest BCUT2D eigenvalue weighted by atomic mass is 10.1. The molecule has 1 unspecified atom stereocenters. The van der Waals surface area contributed by atoms with Crippen LogP contribution in [0, 0.1) is 0 Å². The molecule has 134 valence electrons. The van der Waals surface area contributed by atoms with Crippen LogP contribution in [-0.2, 0) is 11.3 Å². The SMILES string of the molecule is O=C(c1coc(Cn2cccn2)c1)N1CCOC(c2cccc(O)c2)C1. The third-order valence-corrected chi connectivity index (χ3v) is 4.37. The van der Waals surface area contributed by atoms with E-state index in [-0.39, 0.29) is 17.8 Å². The summed E-state index contributed by atoms with van der Waals surface area (Å²) in [5.74, 6) is 0.774. The Labute approximate surface area is 150 Å². The number of carbonyl (C=O) groups is 1. The number of hydrogen-bond donors (Lipinski definition) is 1. The van der Waals surface area contributed by atoms with Gasteiger partial charge in [0.2, 0.25) is 0 Å². The van der Waals surface area contributed by atoms with Crippen LogP contribution in [0.15, 0.2) is 59.5 Å². The van der Waals surface area contributed by atoms with Gasteiger partial charge >= 0.3 is 0 Å². The summed E-state index contributed by atoms with van der Waals surface area (Å²) in [6.45, 7) is 1.88. The first-order valence-corrected chi connectivity index (χ1v) is 8.44. The number of benzene rings is 1. The number of nitrogens with zero attached hydrogens (tertiary/aromatic N) is 3. The molecule has 1 saturated heterocycles. The van der Waals surface area contributed by atoms with Crippen LogP contribution in [0.4, 0.5) is 0 Å². The second-order valence-electron chi connectivity index (χ2n) is 6.21. The topological polar surface area (TPSA) is 80.7 Å². The molecule has 1 amide bonds. The van der Waals surface area contributed by atoms with Gasteiger partial charge in [0, 0.05) is 18.9 Å². The van der Waals surface area contributed by atoms with Gasteiger partial charge in [0.15, 0.2) is 0 Å². The standard InChI is InChI=1S/C19H19N3O4/c23-16-4-1-3-14(9-16)18-12-21(7-8-25-18)19(24)15-10-17(26-13-15)11-22-6-2-5-20-22/h1-6,9-10,13,18,23H,7-8,11-12H2. The van der Waals surface area contributed by atoms with E-state index in [0.29, 0.717) is 37.6 Å². The van der Waals surface area contributed by atoms with Crippen molar-refractivity contribution >= 4 is 5.91 Å². The summed E-state index contributed by atoms with van der Waals surface area (Å²) >= 11 is 0. The molecule has 0 aliphatic carbocycles. The molecule has 0 bridgehead atoms. The smallest absolute Gasteiger partial charge is 0.257 e. The second-order valence-corrected chi connectivity index (χ2v) is 6.21. The van der Waals surface area contributed by atoms with Crippen LogP contribution in [0.1, 0.15) is 27.8 Å². The number of morpholine rings is 1. The summed E-state index contributed by atoms with van der Waals surface area (Å²) in [6, 6.07) is 10.5. The molecule has 3 aromatic rings. The van der Waals surface area contributed by atoms with E-state index in [1.807, 2.05) is 18.3 Å². The van der Waals surface area contributed by atoms with Crippen LogP contribution in [-0.4, -0.2) is 45.4 Å². The van der Waals surface area contributed by atoms with E-state index in [4.69, 9.17) is 9.15 Å². The Kier molecular flexibility index (Phi) is 4.45. The van der Waals surface area contributed by atoms with Gasteiger partial charge in [-0.2, -0.15) is 5.10 Å². The Morgan fingerprint density at radius 2 is 2.23 bits per heavy atom. The van der Waals surface area contributed by atoms with E-state index < -0.39 is 0 Å². The lowest BCUT2D eigenvalue weighted by molar-refractivity contribution is -0.0229. The van der Waals surface area contributed by atoms with E-state index >= 15 is 0 Å². The maximum atomic E-state index is 12.8. The molecule has 1 aromatic carbocycles. The number of furan rings is 1. The number of phenols is 1. The molecule has 1 fully saturated rings. The van der Waals surface area contributed by atoms with Crippen LogP contribution in [0.5, 0.6) is 5.75 Å². The van der Waals surface area contributed by atoms with E-state index in [9.17, 15) is 9.90 Å². The number of ether oxygens (including phenoxy) is 1. The molecule has 4 rings (SSSR count). The number of hydrogen-bond acceptors (Lipinski definition) is 5. The van der Waals surface area contributed by atoms with Gasteiger partial charge in [-0.25, -0.2) is 0 Å². The minimum absolute atomic E-state index is 0.0890. The van der Waals surface area contributed by atoms with Crippen molar-refractivity contribution in [2.45, 2.75) is 12.6 Å². The van der Waals surface area contributed by atoms with E-state index in [1.165, 1.54) is 6.26 Å². The Morgan fingerprint density at radius 1 is 1.31 bits per heavy atom. The lowest BCUT2D eigenvalue weighted by Gasteiger charge is -2.33. The monoisotopic (exact) mass is 353 g/mol. The van der Waals surface area contributed by atoms with Gasteiger partial charge < -0.3 is 19.2 Å². The third-order valence-electron chi connectivity index (χ3n) is 4.37. The molecular weight excluding hydrogens is 334 g/mol. The number of rotatable bonds is 4. The van der Waals surface area contributed by atoms with Crippen LogP contribution >= 0.6 is 0 Å². The highest BCUT2D eigenvalue weighted by Gasteiger charge is 2.27. The lowest BCUT2D eigenvalue weighted by Crippen LogP contribution is -2.42. The molecule has 1 aliphatic heterocycles. The molecule has 0 radical (unpaired) electrons. The molecule has 3 heterocycles. The number of aromatic nitrogens is 2. The molecule has 26 heavy (non-hydrogen) atoms. The maximum absolute atomic E-state index is 12.8. The number of amides is 1. The average Bonchev–Trinajstić information content (AvgIpc) is 3.34. The van der Waals surface area contributed by atoms with Crippen molar-refractivity contribution < 1.29 is 19.1 Å². The van der Waals surface area contributed by atoms with Gasteiger partial charge in [-0.05, 0) is 29.8 Å². The fraction of sp³-hybridized carbons (Fsp3) is 0.263. The Bertz CT molecular complexity index is 888. The van der Waals surface area contributed by atoms with Crippen LogP contribution < -0.4 is 0 Å². The van der Waals surface area contributed by atoms with E-state index in [1.54, 1.807) is 40.0 Å². The van der Waals surface area contributed by atoms with Gasteiger partial charge in [0.1, 0.15) is 23.9 Å². The van der Waals surface area contributed by atoms with E-state index in [0.717, 1.165) is 5.56 Å². The fourth-order valence-electron chi connectivity index (χ4n) is 3.07. The summed E-state index contributed by atoms with van der Waals surface area (Å²) in [5.41, 5.74) is 1.37. The zero-order valence-corrected chi connectivity index (χ0v) is 14.1. The van der Waals surface area contributed by atoms with Gasteiger partial charge in [-0.15, -0.1) is 0 Å². The van der Waals surface area contributed by atoms with Gasteiger partial charge in [0.25, 0.3) is 5.91 Å². The van der Waals surface area contributed by atoms with Crippen molar-refractivity contribution in [3.8, 4) is 5.75 Å². The number of carbonyl (C=O) groups excluding carboxylic acids is 1. The number of phenolic OH excluding ortho intramolecular Hbond substituents is 1. The predicted octanol–water partition coefficient (Wildman–Crippen LogP) is 2.44. The molecule has 7 heteroatoms. The zero-order chi connectivity index (χ0) is 17.9.